The molecule has 0 amide bonds. The smallest absolute Gasteiger partial charge is 0.343 e. The molecule has 178 valence electrons. The number of carbonyl (C=O) groups excluding carboxylic acids is 1. The van der Waals surface area contributed by atoms with Crippen LogP contribution >= 0.6 is 0 Å². The van der Waals surface area contributed by atoms with Crippen molar-refractivity contribution >= 4 is 22.8 Å². The monoisotopic (exact) mass is 471 g/mol. The first-order chi connectivity index (χ1) is 17.1. The summed E-state index contributed by atoms with van der Waals surface area (Å²) in [4.78, 5) is 26.7. The fourth-order valence-corrected chi connectivity index (χ4v) is 4.19. The Labute approximate surface area is 202 Å². The second-order valence-corrected chi connectivity index (χ2v) is 8.17. The molecule has 0 atom stereocenters. The normalized spacial score (nSPS) is 13.6. The van der Waals surface area contributed by atoms with E-state index in [2.05, 4.69) is 0 Å². The van der Waals surface area contributed by atoms with E-state index < -0.39 is 5.97 Å². The molecule has 7 nitrogen and oxygen atoms in total. The fourth-order valence-electron chi connectivity index (χ4n) is 4.19. The lowest BCUT2D eigenvalue weighted by atomic mass is 9.97. The third kappa shape index (κ3) is 4.76. The van der Waals surface area contributed by atoms with Crippen molar-refractivity contribution in [3.05, 3.63) is 83.0 Å². The Morgan fingerprint density at radius 2 is 1.71 bits per heavy atom. The average Bonchev–Trinajstić information content (AvgIpc) is 2.92. The van der Waals surface area contributed by atoms with Crippen molar-refractivity contribution in [1.29, 1.82) is 0 Å². The quantitative estimate of drug-likeness (QED) is 0.383. The van der Waals surface area contributed by atoms with Gasteiger partial charge in [-0.15, -0.1) is 0 Å². The van der Waals surface area contributed by atoms with Crippen LogP contribution in [-0.4, -0.2) is 46.0 Å². The number of nitrogens with zero attached hydrogens (tertiary/aromatic N) is 1. The van der Waals surface area contributed by atoms with Gasteiger partial charge in [0.05, 0.1) is 25.7 Å². The molecular weight excluding hydrogens is 446 g/mol. The van der Waals surface area contributed by atoms with Crippen LogP contribution in [0.1, 0.15) is 0 Å². The Bertz CT molecular complexity index is 1410. The topological polar surface area (TPSA) is 78.2 Å². The van der Waals surface area contributed by atoms with Gasteiger partial charge < -0.3 is 23.5 Å². The summed E-state index contributed by atoms with van der Waals surface area (Å²) in [6.45, 7) is 2.33. The highest BCUT2D eigenvalue weighted by Crippen LogP contribution is 2.37. The molecule has 35 heavy (non-hydrogen) atoms. The number of methoxy groups -OCH3 is 1. The predicted octanol–water partition coefficient (Wildman–Crippen LogP) is 4.52. The molecule has 0 spiro atoms. The van der Waals surface area contributed by atoms with Crippen molar-refractivity contribution in [3.63, 3.8) is 0 Å². The van der Waals surface area contributed by atoms with Gasteiger partial charge in [-0.2, -0.15) is 0 Å². The summed E-state index contributed by atoms with van der Waals surface area (Å²) in [5.74, 6) is 0.639. The van der Waals surface area contributed by atoms with E-state index in [1.165, 1.54) is 7.11 Å². The van der Waals surface area contributed by atoms with E-state index >= 15 is 0 Å². The molecule has 1 saturated heterocycles. The van der Waals surface area contributed by atoms with Gasteiger partial charge in [0, 0.05) is 30.3 Å². The zero-order valence-electron chi connectivity index (χ0n) is 19.4. The third-order valence-electron chi connectivity index (χ3n) is 6.01. The molecule has 1 aliphatic heterocycles. The minimum Gasteiger partial charge on any atom is -0.481 e. The second-order valence-electron chi connectivity index (χ2n) is 8.17. The standard InChI is InChI=1S/C28H25NO6/c1-32-27(31)18-34-25-11-10-20(16-23(25)19-6-3-2-4-7-19)21-8-5-9-22-24(30)17-26(35-28(21)22)29-12-14-33-15-13-29/h2-11,16-17H,12-15,18H2,1H3. The largest absolute Gasteiger partial charge is 0.481 e. The number of hydrogen-bond donors (Lipinski definition) is 0. The molecule has 3 aromatic carbocycles. The SMILES string of the molecule is COC(=O)COc1ccc(-c2cccc3c(=O)cc(N4CCOCC4)oc23)cc1-c1ccccc1. The molecule has 0 N–H and O–H groups in total. The second kappa shape index (κ2) is 10.0. The lowest BCUT2D eigenvalue weighted by Gasteiger charge is -2.27. The number of fused-ring (bicyclic) bond motifs is 1. The van der Waals surface area contributed by atoms with Gasteiger partial charge in [-0.1, -0.05) is 48.5 Å². The van der Waals surface area contributed by atoms with Crippen LogP contribution in [0.2, 0.25) is 0 Å². The highest BCUT2D eigenvalue weighted by Gasteiger charge is 2.18. The van der Waals surface area contributed by atoms with Crippen LogP contribution in [0.25, 0.3) is 33.2 Å². The minimum atomic E-state index is -0.459. The first-order valence-electron chi connectivity index (χ1n) is 11.4. The zero-order chi connectivity index (χ0) is 24.2. The number of hydrogen-bond acceptors (Lipinski definition) is 7. The Kier molecular flexibility index (Phi) is 6.50. The fraction of sp³-hybridized carbons (Fsp3) is 0.214. The summed E-state index contributed by atoms with van der Waals surface area (Å²) < 4.78 is 22.2. The summed E-state index contributed by atoms with van der Waals surface area (Å²) in [6, 6.07) is 22.6. The van der Waals surface area contributed by atoms with Crippen LogP contribution < -0.4 is 15.1 Å². The maximum absolute atomic E-state index is 13.0. The lowest BCUT2D eigenvalue weighted by Crippen LogP contribution is -2.36. The van der Waals surface area contributed by atoms with Crippen molar-refractivity contribution in [2.75, 3.05) is 44.9 Å². The van der Waals surface area contributed by atoms with Crippen LogP contribution in [0.3, 0.4) is 0 Å². The summed E-state index contributed by atoms with van der Waals surface area (Å²) in [5.41, 5.74) is 3.86. The van der Waals surface area contributed by atoms with Gasteiger partial charge in [0.1, 0.15) is 11.3 Å². The van der Waals surface area contributed by atoms with Crippen molar-refractivity contribution in [2.24, 2.45) is 0 Å². The van der Waals surface area contributed by atoms with Crippen LogP contribution in [0.5, 0.6) is 5.75 Å². The molecule has 1 fully saturated rings. The van der Waals surface area contributed by atoms with E-state index in [-0.39, 0.29) is 12.0 Å². The summed E-state index contributed by atoms with van der Waals surface area (Å²) in [6.07, 6.45) is 0. The number of morpholine rings is 1. The van der Waals surface area contributed by atoms with Gasteiger partial charge in [0.15, 0.2) is 17.9 Å². The molecule has 1 aromatic heterocycles. The molecule has 5 rings (SSSR count). The number of ether oxygens (including phenoxy) is 3. The highest BCUT2D eigenvalue weighted by atomic mass is 16.6. The Balaban J connectivity index is 1.62. The molecule has 0 radical (unpaired) electrons. The van der Waals surface area contributed by atoms with E-state index in [0.717, 1.165) is 22.3 Å². The molecule has 4 aromatic rings. The number of esters is 1. The maximum atomic E-state index is 13.0. The first kappa shape index (κ1) is 22.7. The third-order valence-corrected chi connectivity index (χ3v) is 6.01. The number of rotatable bonds is 6. The molecule has 0 unspecified atom stereocenters. The van der Waals surface area contributed by atoms with Crippen LogP contribution in [0, 0.1) is 0 Å². The van der Waals surface area contributed by atoms with E-state index in [0.29, 0.717) is 48.9 Å². The van der Waals surface area contributed by atoms with Crippen molar-refractivity contribution in [3.8, 4) is 28.0 Å². The average molecular weight is 472 g/mol. The van der Waals surface area contributed by atoms with Crippen LogP contribution in [0.4, 0.5) is 5.88 Å². The van der Waals surface area contributed by atoms with Crippen molar-refractivity contribution in [1.82, 2.24) is 0 Å². The van der Waals surface area contributed by atoms with E-state index in [1.54, 1.807) is 12.1 Å². The molecule has 2 heterocycles. The molecule has 0 bridgehead atoms. The summed E-state index contributed by atoms with van der Waals surface area (Å²) in [5, 5.41) is 0.520. The van der Waals surface area contributed by atoms with Gasteiger partial charge in [0.2, 0.25) is 0 Å². The number of para-hydroxylation sites is 1. The Hall–Kier alpha value is -4.10. The van der Waals surface area contributed by atoms with E-state index in [4.69, 9.17) is 18.6 Å². The number of benzene rings is 3. The summed E-state index contributed by atoms with van der Waals surface area (Å²) in [7, 11) is 1.33. The van der Waals surface area contributed by atoms with Gasteiger partial charge >= 0.3 is 5.97 Å². The van der Waals surface area contributed by atoms with Gasteiger partial charge in [-0.05, 0) is 29.3 Å². The Morgan fingerprint density at radius 3 is 2.49 bits per heavy atom. The van der Waals surface area contributed by atoms with Crippen LogP contribution in [-0.2, 0) is 14.3 Å². The van der Waals surface area contributed by atoms with Gasteiger partial charge in [-0.3, -0.25) is 4.79 Å². The number of anilines is 1. The van der Waals surface area contributed by atoms with Crippen LogP contribution in [0.15, 0.2) is 82.0 Å². The molecule has 7 heteroatoms. The van der Waals surface area contributed by atoms with E-state index in [1.807, 2.05) is 65.6 Å². The lowest BCUT2D eigenvalue weighted by molar-refractivity contribution is -0.142. The minimum absolute atomic E-state index is 0.0871. The molecule has 0 aliphatic carbocycles. The molecule has 1 aliphatic rings. The van der Waals surface area contributed by atoms with Gasteiger partial charge in [-0.25, -0.2) is 4.79 Å². The Morgan fingerprint density at radius 1 is 0.914 bits per heavy atom. The van der Waals surface area contributed by atoms with Crippen molar-refractivity contribution < 1.29 is 23.4 Å². The zero-order valence-corrected chi connectivity index (χ0v) is 19.4. The highest BCUT2D eigenvalue weighted by molar-refractivity contribution is 5.94. The van der Waals surface area contributed by atoms with Crippen molar-refractivity contribution in [2.45, 2.75) is 0 Å². The van der Waals surface area contributed by atoms with Gasteiger partial charge in [0.25, 0.3) is 0 Å². The maximum Gasteiger partial charge on any atom is 0.343 e. The number of carbonyl (C=O) groups is 1. The summed E-state index contributed by atoms with van der Waals surface area (Å²) >= 11 is 0. The first-order valence-corrected chi connectivity index (χ1v) is 11.4. The predicted molar refractivity (Wildman–Crippen MR) is 134 cm³/mol. The molecular formula is C28H25NO6. The molecule has 0 saturated carbocycles. The van der Waals surface area contributed by atoms with E-state index in [9.17, 15) is 9.59 Å².